The van der Waals surface area contributed by atoms with E-state index in [-0.39, 0.29) is 22.6 Å². The minimum atomic E-state index is -0.328. The van der Waals surface area contributed by atoms with Gasteiger partial charge in [-0.3, -0.25) is 14.3 Å². The molecule has 2 aromatic heterocycles. The van der Waals surface area contributed by atoms with E-state index in [1.807, 2.05) is 25.3 Å². The second-order valence-electron chi connectivity index (χ2n) is 4.51. The fraction of sp³-hybridized carbons (Fsp3) is 0.444. The first-order valence-electron chi connectivity index (χ1n) is 4.75. The van der Waals surface area contributed by atoms with Crippen LogP contribution in [0.5, 0.6) is 0 Å². The Labute approximate surface area is 100 Å². The molecule has 0 saturated heterocycles. The Morgan fingerprint density at radius 1 is 1.38 bits per heavy atom. The number of aromatic nitrogens is 4. The van der Waals surface area contributed by atoms with Gasteiger partial charge in [0.15, 0.2) is 15.9 Å². The summed E-state index contributed by atoms with van der Waals surface area (Å²) >= 11 is 3.32. The molecule has 0 aromatic carbocycles. The lowest BCUT2D eigenvalue weighted by Gasteiger charge is -2.22. The van der Waals surface area contributed by atoms with Crippen molar-refractivity contribution < 1.29 is 0 Å². The predicted molar refractivity (Wildman–Crippen MR) is 65.3 cm³/mol. The van der Waals surface area contributed by atoms with Crippen LogP contribution in [0.3, 0.4) is 0 Å². The molecular formula is C9H12BrN5O. The van der Waals surface area contributed by atoms with Crippen LogP contribution < -0.4 is 11.3 Å². The maximum absolute atomic E-state index is 11.6. The summed E-state index contributed by atoms with van der Waals surface area (Å²) in [4.78, 5) is 22.3. The minimum absolute atomic E-state index is 0.0930. The van der Waals surface area contributed by atoms with Crippen molar-refractivity contribution in [2.24, 2.45) is 0 Å². The first-order valence-corrected chi connectivity index (χ1v) is 5.54. The van der Waals surface area contributed by atoms with Gasteiger partial charge in [-0.1, -0.05) is 0 Å². The Morgan fingerprint density at radius 3 is 2.56 bits per heavy atom. The number of rotatable bonds is 0. The molecule has 0 amide bonds. The number of halogens is 1. The number of nitrogens with two attached hydrogens (primary N) is 1. The summed E-state index contributed by atoms with van der Waals surface area (Å²) in [6.07, 6.45) is 0. The van der Waals surface area contributed by atoms with Crippen LogP contribution in [-0.4, -0.2) is 19.5 Å². The second kappa shape index (κ2) is 3.31. The predicted octanol–water partition coefficient (Wildman–Crippen LogP) is 1.22. The average molecular weight is 286 g/mol. The third kappa shape index (κ3) is 1.60. The molecule has 7 heteroatoms. The second-order valence-corrected chi connectivity index (χ2v) is 5.22. The topological polar surface area (TPSA) is 89.6 Å². The molecule has 0 spiro atoms. The van der Waals surface area contributed by atoms with Crippen LogP contribution in [0.2, 0.25) is 0 Å². The van der Waals surface area contributed by atoms with Crippen LogP contribution in [0.15, 0.2) is 9.53 Å². The van der Waals surface area contributed by atoms with E-state index < -0.39 is 0 Å². The molecule has 0 aliphatic heterocycles. The Balaban J connectivity index is 2.95. The van der Waals surface area contributed by atoms with Gasteiger partial charge in [0.05, 0.1) is 0 Å². The highest BCUT2D eigenvalue weighted by atomic mass is 79.9. The summed E-state index contributed by atoms with van der Waals surface area (Å²) < 4.78 is 2.40. The molecule has 16 heavy (non-hydrogen) atoms. The summed E-state index contributed by atoms with van der Waals surface area (Å²) in [5.74, 6) is 0.0930. The number of nitrogen functional groups attached to an aromatic ring is 1. The van der Waals surface area contributed by atoms with E-state index in [0.29, 0.717) is 10.4 Å². The van der Waals surface area contributed by atoms with Crippen molar-refractivity contribution in [1.82, 2.24) is 19.5 Å². The number of imidazole rings is 1. The van der Waals surface area contributed by atoms with Crippen molar-refractivity contribution in [2.45, 2.75) is 26.3 Å². The van der Waals surface area contributed by atoms with Crippen molar-refractivity contribution in [2.75, 3.05) is 5.73 Å². The average Bonchev–Trinajstić information content (AvgIpc) is 2.40. The summed E-state index contributed by atoms with van der Waals surface area (Å²) in [6, 6.07) is 0. The molecule has 2 rings (SSSR count). The van der Waals surface area contributed by atoms with E-state index in [0.717, 1.165) is 0 Å². The van der Waals surface area contributed by atoms with Gasteiger partial charge >= 0.3 is 0 Å². The highest BCUT2D eigenvalue weighted by molar-refractivity contribution is 9.10. The third-order valence-electron chi connectivity index (χ3n) is 2.17. The molecule has 0 aliphatic rings. The lowest BCUT2D eigenvalue weighted by molar-refractivity contribution is 0.398. The van der Waals surface area contributed by atoms with Gasteiger partial charge in [-0.2, -0.15) is 4.98 Å². The number of fused-ring (bicyclic) bond motifs is 1. The highest BCUT2D eigenvalue weighted by Crippen LogP contribution is 2.25. The van der Waals surface area contributed by atoms with Crippen LogP contribution in [0.25, 0.3) is 11.2 Å². The molecule has 0 aliphatic carbocycles. The molecule has 0 bridgehead atoms. The van der Waals surface area contributed by atoms with E-state index in [2.05, 4.69) is 30.9 Å². The molecule has 0 atom stereocenters. The van der Waals surface area contributed by atoms with Crippen molar-refractivity contribution in [3.8, 4) is 0 Å². The first kappa shape index (κ1) is 11.1. The minimum Gasteiger partial charge on any atom is -0.369 e. The molecule has 0 radical (unpaired) electrons. The molecule has 3 N–H and O–H groups in total. The number of nitrogens with zero attached hydrogens (tertiary/aromatic N) is 3. The summed E-state index contributed by atoms with van der Waals surface area (Å²) in [5.41, 5.74) is 5.73. The van der Waals surface area contributed by atoms with E-state index in [1.165, 1.54) is 0 Å². The monoisotopic (exact) mass is 285 g/mol. The molecule has 0 saturated carbocycles. The smallest absolute Gasteiger partial charge is 0.280 e. The van der Waals surface area contributed by atoms with Crippen molar-refractivity contribution >= 4 is 33.0 Å². The van der Waals surface area contributed by atoms with Crippen LogP contribution in [0, 0.1) is 0 Å². The van der Waals surface area contributed by atoms with Crippen LogP contribution in [0.4, 0.5) is 5.95 Å². The van der Waals surface area contributed by atoms with Crippen LogP contribution in [0.1, 0.15) is 20.8 Å². The number of aromatic amines is 1. The zero-order valence-corrected chi connectivity index (χ0v) is 10.8. The normalized spacial score (nSPS) is 12.2. The summed E-state index contributed by atoms with van der Waals surface area (Å²) in [7, 11) is 0. The summed E-state index contributed by atoms with van der Waals surface area (Å²) in [6.45, 7) is 5.99. The largest absolute Gasteiger partial charge is 0.369 e. The number of H-pyrrole nitrogens is 1. The van der Waals surface area contributed by atoms with Gasteiger partial charge in [0.2, 0.25) is 5.95 Å². The molecule has 2 aromatic rings. The number of nitrogens with one attached hydrogen (secondary N) is 1. The molecule has 0 fully saturated rings. The van der Waals surface area contributed by atoms with Crippen molar-refractivity contribution in [3.05, 3.63) is 15.1 Å². The lowest BCUT2D eigenvalue weighted by Crippen LogP contribution is -2.23. The molecule has 2 heterocycles. The van der Waals surface area contributed by atoms with E-state index in [4.69, 9.17) is 5.73 Å². The fourth-order valence-corrected chi connectivity index (χ4v) is 2.43. The molecular weight excluding hydrogens is 274 g/mol. The van der Waals surface area contributed by atoms with E-state index >= 15 is 0 Å². The van der Waals surface area contributed by atoms with Gasteiger partial charge in [0.1, 0.15) is 0 Å². The zero-order valence-electron chi connectivity index (χ0n) is 9.21. The SMILES string of the molecule is CC(C)(C)n1c(Br)nc2c(=O)[nH]c(N)nc21. The third-order valence-corrected chi connectivity index (χ3v) is 2.70. The van der Waals surface area contributed by atoms with E-state index in [1.54, 1.807) is 0 Å². The standard InChI is InChI=1S/C9H12BrN5O/c1-9(2,3)15-5-4(12-7(15)10)6(16)14-8(11)13-5/h1-3H3,(H3,11,13,14,16). The summed E-state index contributed by atoms with van der Waals surface area (Å²) in [5, 5.41) is 0. The van der Waals surface area contributed by atoms with E-state index in [9.17, 15) is 4.79 Å². The zero-order chi connectivity index (χ0) is 12.1. The molecule has 6 nitrogen and oxygen atoms in total. The van der Waals surface area contributed by atoms with Crippen LogP contribution >= 0.6 is 15.9 Å². The van der Waals surface area contributed by atoms with Gasteiger partial charge in [0, 0.05) is 5.54 Å². The Bertz CT molecular complexity index is 607. The van der Waals surface area contributed by atoms with Crippen molar-refractivity contribution in [3.63, 3.8) is 0 Å². The molecule has 0 unspecified atom stereocenters. The van der Waals surface area contributed by atoms with Gasteiger partial charge in [-0.15, -0.1) is 0 Å². The maximum Gasteiger partial charge on any atom is 0.280 e. The van der Waals surface area contributed by atoms with Gasteiger partial charge in [-0.25, -0.2) is 4.98 Å². The Kier molecular flexibility index (Phi) is 2.30. The first-order chi connectivity index (χ1) is 7.30. The van der Waals surface area contributed by atoms with Gasteiger partial charge in [-0.05, 0) is 36.7 Å². The maximum atomic E-state index is 11.6. The van der Waals surface area contributed by atoms with Crippen molar-refractivity contribution in [1.29, 1.82) is 0 Å². The van der Waals surface area contributed by atoms with Crippen LogP contribution in [-0.2, 0) is 5.54 Å². The highest BCUT2D eigenvalue weighted by Gasteiger charge is 2.22. The fourth-order valence-electron chi connectivity index (χ4n) is 1.55. The molecule has 86 valence electrons. The number of anilines is 1. The number of hydrogen-bond donors (Lipinski definition) is 2. The Hall–Kier alpha value is -1.37. The van der Waals surface area contributed by atoms with Gasteiger partial charge in [0.25, 0.3) is 5.56 Å². The van der Waals surface area contributed by atoms with Gasteiger partial charge < -0.3 is 5.73 Å². The lowest BCUT2D eigenvalue weighted by atomic mass is 10.1. The number of hydrogen-bond acceptors (Lipinski definition) is 4. The quantitative estimate of drug-likeness (QED) is 0.712. The Morgan fingerprint density at radius 2 is 2.00 bits per heavy atom.